The molecule has 1 aliphatic rings. The van der Waals surface area contributed by atoms with Gasteiger partial charge in [-0.05, 0) is 40.2 Å². The maximum atomic E-state index is 8.44. The Kier molecular flexibility index (Phi) is 4.56. The van der Waals surface area contributed by atoms with Crippen LogP contribution in [0.25, 0.3) is 0 Å². The second-order valence-electron chi connectivity index (χ2n) is 5.04. The third-order valence-corrected chi connectivity index (χ3v) is 2.65. The Hall–Kier alpha value is -0.590. The molecule has 1 fully saturated rings. The van der Waals surface area contributed by atoms with E-state index in [1.54, 1.807) is 0 Å². The number of hydrogen-bond donors (Lipinski definition) is 0. The van der Waals surface area contributed by atoms with Crippen LogP contribution in [0.2, 0.25) is 0 Å². The highest BCUT2D eigenvalue weighted by Gasteiger charge is 2.30. The summed E-state index contributed by atoms with van der Waals surface area (Å²) in [7, 11) is 0. The largest absolute Gasteiger partial charge is 0.370 e. The van der Waals surface area contributed by atoms with E-state index in [0.29, 0.717) is 12.5 Å². The Morgan fingerprint density at radius 3 is 2.80 bits per heavy atom. The van der Waals surface area contributed by atoms with E-state index in [1.165, 1.54) is 0 Å². The number of nitrogens with zero attached hydrogens (tertiary/aromatic N) is 2. The molecule has 1 atom stereocenters. The van der Waals surface area contributed by atoms with Crippen molar-refractivity contribution >= 4 is 0 Å². The second-order valence-corrected chi connectivity index (χ2v) is 5.04. The highest BCUT2D eigenvalue weighted by molar-refractivity contribution is 4.82. The fourth-order valence-electron chi connectivity index (χ4n) is 2.30. The fourth-order valence-corrected chi connectivity index (χ4v) is 2.30. The third-order valence-electron chi connectivity index (χ3n) is 2.65. The van der Waals surface area contributed by atoms with Gasteiger partial charge in [-0.1, -0.05) is 0 Å². The molecule has 0 N–H and O–H groups in total. The monoisotopic (exact) mass is 210 g/mol. The maximum Gasteiger partial charge on any atom is 0.0757 e. The number of rotatable bonds is 4. The molecule has 86 valence electrons. The first-order chi connectivity index (χ1) is 7.03. The van der Waals surface area contributed by atoms with E-state index < -0.39 is 0 Å². The zero-order chi connectivity index (χ0) is 11.3. The van der Waals surface area contributed by atoms with Gasteiger partial charge in [-0.3, -0.25) is 4.90 Å². The van der Waals surface area contributed by atoms with Crippen molar-refractivity contribution in [3.8, 4) is 6.07 Å². The molecule has 1 rings (SSSR count). The smallest absolute Gasteiger partial charge is 0.0757 e. The Labute approximate surface area is 93.0 Å². The first kappa shape index (κ1) is 12.5. The normalized spacial score (nSPS) is 26.1. The quantitative estimate of drug-likeness (QED) is 0.667. The van der Waals surface area contributed by atoms with E-state index in [4.69, 9.17) is 10.00 Å². The van der Waals surface area contributed by atoms with E-state index >= 15 is 0 Å². The molecule has 1 saturated heterocycles. The summed E-state index contributed by atoms with van der Waals surface area (Å²) in [4.78, 5) is 2.45. The third kappa shape index (κ3) is 4.63. The summed E-state index contributed by atoms with van der Waals surface area (Å²) in [6, 6.07) is 2.19. The predicted octanol–water partition coefficient (Wildman–Crippen LogP) is 2.18. The van der Waals surface area contributed by atoms with E-state index in [9.17, 15) is 0 Å². The van der Waals surface area contributed by atoms with Gasteiger partial charge < -0.3 is 4.74 Å². The van der Waals surface area contributed by atoms with E-state index in [1.807, 2.05) is 0 Å². The van der Waals surface area contributed by atoms with Crippen LogP contribution in [0.15, 0.2) is 0 Å². The summed E-state index contributed by atoms with van der Waals surface area (Å²) in [5.74, 6) is 0. The van der Waals surface area contributed by atoms with Crippen molar-refractivity contribution in [1.82, 2.24) is 4.90 Å². The van der Waals surface area contributed by atoms with Crippen LogP contribution in [-0.4, -0.2) is 36.2 Å². The van der Waals surface area contributed by atoms with Crippen LogP contribution in [0, 0.1) is 11.3 Å². The van der Waals surface area contributed by atoms with Gasteiger partial charge in [0.25, 0.3) is 0 Å². The van der Waals surface area contributed by atoms with E-state index in [2.05, 4.69) is 31.7 Å². The molecule has 1 unspecified atom stereocenters. The molecule has 0 amide bonds. The van der Waals surface area contributed by atoms with Crippen molar-refractivity contribution < 1.29 is 4.74 Å². The van der Waals surface area contributed by atoms with Gasteiger partial charge >= 0.3 is 0 Å². The van der Waals surface area contributed by atoms with Gasteiger partial charge in [-0.2, -0.15) is 5.26 Å². The number of unbranched alkanes of at least 4 members (excludes halogenated alkanes) is 2. The van der Waals surface area contributed by atoms with Gasteiger partial charge in [0.1, 0.15) is 0 Å². The van der Waals surface area contributed by atoms with Crippen molar-refractivity contribution in [1.29, 1.82) is 5.26 Å². The van der Waals surface area contributed by atoms with Crippen LogP contribution in [0.5, 0.6) is 0 Å². The lowest BCUT2D eigenvalue weighted by Crippen LogP contribution is -2.51. The summed E-state index contributed by atoms with van der Waals surface area (Å²) in [6.45, 7) is 9.54. The minimum absolute atomic E-state index is 0.0209. The Balaban J connectivity index is 2.27. The molecule has 0 aromatic rings. The molecule has 0 aromatic carbocycles. The number of nitriles is 1. The van der Waals surface area contributed by atoms with Gasteiger partial charge in [-0.15, -0.1) is 0 Å². The zero-order valence-electron chi connectivity index (χ0n) is 10.1. The minimum atomic E-state index is -0.0209. The minimum Gasteiger partial charge on any atom is -0.370 e. The molecule has 1 aliphatic heterocycles. The Bertz CT molecular complexity index is 232. The van der Waals surface area contributed by atoms with Crippen LogP contribution in [0.1, 0.15) is 40.0 Å². The molecule has 0 radical (unpaired) electrons. The molecule has 3 nitrogen and oxygen atoms in total. The predicted molar refractivity (Wildman–Crippen MR) is 60.5 cm³/mol. The van der Waals surface area contributed by atoms with Gasteiger partial charge in [-0.25, -0.2) is 0 Å². The Morgan fingerprint density at radius 2 is 2.20 bits per heavy atom. The van der Waals surface area contributed by atoms with Crippen LogP contribution >= 0.6 is 0 Å². The van der Waals surface area contributed by atoms with Crippen LogP contribution in [-0.2, 0) is 4.74 Å². The number of morpholine rings is 1. The van der Waals surface area contributed by atoms with Gasteiger partial charge in [0, 0.05) is 19.5 Å². The summed E-state index contributed by atoms with van der Waals surface area (Å²) in [5, 5.41) is 8.44. The summed E-state index contributed by atoms with van der Waals surface area (Å²) in [5.41, 5.74) is -0.0209. The molecule has 15 heavy (non-hydrogen) atoms. The van der Waals surface area contributed by atoms with Crippen molar-refractivity contribution in [2.75, 3.05) is 19.6 Å². The summed E-state index contributed by atoms with van der Waals surface area (Å²) < 4.78 is 5.84. The average Bonchev–Trinajstić information content (AvgIpc) is 2.09. The van der Waals surface area contributed by atoms with Crippen LogP contribution in [0.4, 0.5) is 0 Å². The standard InChI is InChI=1S/C12H22N2O/c1-11-9-14(8-6-4-5-7-13)10-12(2,3)15-11/h11H,4-6,8-10H2,1-3H3. The van der Waals surface area contributed by atoms with Crippen molar-refractivity contribution in [2.24, 2.45) is 0 Å². The lowest BCUT2D eigenvalue weighted by Gasteiger charge is -2.41. The van der Waals surface area contributed by atoms with Gasteiger partial charge in [0.15, 0.2) is 0 Å². The molecular weight excluding hydrogens is 188 g/mol. The van der Waals surface area contributed by atoms with E-state index in [-0.39, 0.29) is 5.60 Å². The summed E-state index contributed by atoms with van der Waals surface area (Å²) >= 11 is 0. The van der Waals surface area contributed by atoms with Crippen LogP contribution < -0.4 is 0 Å². The SMILES string of the molecule is CC1CN(CCCCC#N)CC(C)(C)O1. The van der Waals surface area contributed by atoms with Gasteiger partial charge in [0.05, 0.1) is 17.8 Å². The lowest BCUT2D eigenvalue weighted by atomic mass is 10.1. The molecule has 1 heterocycles. The van der Waals surface area contributed by atoms with E-state index in [0.717, 1.165) is 32.5 Å². The maximum absolute atomic E-state index is 8.44. The molecule has 0 spiro atoms. The van der Waals surface area contributed by atoms with Crippen LogP contribution in [0.3, 0.4) is 0 Å². The van der Waals surface area contributed by atoms with Crippen molar-refractivity contribution in [3.05, 3.63) is 0 Å². The average molecular weight is 210 g/mol. The second kappa shape index (κ2) is 5.48. The van der Waals surface area contributed by atoms with Crippen molar-refractivity contribution in [2.45, 2.75) is 51.7 Å². The molecule has 0 aromatic heterocycles. The summed E-state index contributed by atoms with van der Waals surface area (Å²) in [6.07, 6.45) is 3.15. The molecule has 0 bridgehead atoms. The van der Waals surface area contributed by atoms with Crippen molar-refractivity contribution in [3.63, 3.8) is 0 Å². The zero-order valence-corrected chi connectivity index (χ0v) is 10.1. The number of hydrogen-bond acceptors (Lipinski definition) is 3. The molecular formula is C12H22N2O. The van der Waals surface area contributed by atoms with Gasteiger partial charge in [0.2, 0.25) is 0 Å². The highest BCUT2D eigenvalue weighted by Crippen LogP contribution is 2.20. The first-order valence-corrected chi connectivity index (χ1v) is 5.80. The molecule has 0 aliphatic carbocycles. The number of ether oxygens (including phenoxy) is 1. The first-order valence-electron chi connectivity index (χ1n) is 5.80. The molecule has 0 saturated carbocycles. The Morgan fingerprint density at radius 1 is 1.47 bits per heavy atom. The lowest BCUT2D eigenvalue weighted by molar-refractivity contribution is -0.128. The highest BCUT2D eigenvalue weighted by atomic mass is 16.5. The fraction of sp³-hybridized carbons (Fsp3) is 0.917. The topological polar surface area (TPSA) is 36.3 Å². The molecule has 3 heteroatoms.